The van der Waals surface area contributed by atoms with Crippen LogP contribution < -0.4 is 0 Å². The summed E-state index contributed by atoms with van der Waals surface area (Å²) in [5.41, 5.74) is 4.52. The zero-order chi connectivity index (χ0) is 12.1. The molecule has 3 nitrogen and oxygen atoms in total. The van der Waals surface area contributed by atoms with Crippen molar-refractivity contribution >= 4 is 11.3 Å². The molecule has 0 aromatic heterocycles. The van der Waals surface area contributed by atoms with Gasteiger partial charge in [-0.05, 0) is 17.6 Å². The van der Waals surface area contributed by atoms with Crippen LogP contribution in [0.4, 0.5) is 0 Å². The van der Waals surface area contributed by atoms with Crippen LogP contribution >= 0.6 is 0 Å². The third-order valence-corrected chi connectivity index (χ3v) is 2.85. The van der Waals surface area contributed by atoms with Crippen LogP contribution in [0.15, 0.2) is 41.1 Å². The van der Waals surface area contributed by atoms with Gasteiger partial charge in [-0.1, -0.05) is 42.4 Å². The number of ether oxygens (including phenoxy) is 1. The highest BCUT2D eigenvalue weighted by molar-refractivity contribution is 6.25. The fourth-order valence-corrected chi connectivity index (χ4v) is 2.06. The number of benzene rings is 1. The van der Waals surface area contributed by atoms with Crippen molar-refractivity contribution in [2.45, 2.75) is 13.3 Å². The predicted molar refractivity (Wildman–Crippen MR) is 68.9 cm³/mol. The minimum absolute atomic E-state index is 0.515. The molecular formula is C14H17NO2. The van der Waals surface area contributed by atoms with E-state index in [2.05, 4.69) is 24.2 Å². The average molecular weight is 231 g/mol. The van der Waals surface area contributed by atoms with Gasteiger partial charge in [0, 0.05) is 5.57 Å². The van der Waals surface area contributed by atoms with Crippen LogP contribution in [-0.2, 0) is 9.57 Å². The second-order valence-corrected chi connectivity index (χ2v) is 3.91. The van der Waals surface area contributed by atoms with Crippen LogP contribution in [0.2, 0.25) is 0 Å². The van der Waals surface area contributed by atoms with E-state index >= 15 is 0 Å². The van der Waals surface area contributed by atoms with Crippen LogP contribution in [0.25, 0.3) is 5.57 Å². The Morgan fingerprint density at radius 1 is 1.24 bits per heavy atom. The van der Waals surface area contributed by atoms with E-state index in [0.717, 1.165) is 12.1 Å². The Bertz CT molecular complexity index is 435. The minimum Gasteiger partial charge on any atom is -0.399 e. The van der Waals surface area contributed by atoms with Gasteiger partial charge in [0.15, 0.2) is 0 Å². The largest absolute Gasteiger partial charge is 0.399 e. The summed E-state index contributed by atoms with van der Waals surface area (Å²) in [6, 6.07) is 10.3. The van der Waals surface area contributed by atoms with Gasteiger partial charge in [-0.15, -0.1) is 0 Å². The second kappa shape index (κ2) is 5.64. The van der Waals surface area contributed by atoms with E-state index in [9.17, 15) is 0 Å². The van der Waals surface area contributed by atoms with Gasteiger partial charge in [-0.2, -0.15) is 0 Å². The zero-order valence-corrected chi connectivity index (χ0v) is 10.3. The highest BCUT2D eigenvalue weighted by Crippen LogP contribution is 2.26. The Labute approximate surface area is 102 Å². The van der Waals surface area contributed by atoms with Gasteiger partial charge in [-0.25, -0.2) is 0 Å². The molecule has 0 bridgehead atoms. The van der Waals surface area contributed by atoms with E-state index in [1.54, 1.807) is 7.11 Å². The molecule has 0 amide bonds. The number of hydrogen-bond acceptors (Lipinski definition) is 3. The Balaban J connectivity index is 2.49. The van der Waals surface area contributed by atoms with Crippen molar-refractivity contribution in [1.82, 2.24) is 0 Å². The number of oxime groups is 1. The third-order valence-electron chi connectivity index (χ3n) is 2.85. The molecule has 1 aliphatic rings. The van der Waals surface area contributed by atoms with Gasteiger partial charge in [0.05, 0.1) is 13.2 Å². The van der Waals surface area contributed by atoms with E-state index in [1.807, 2.05) is 18.2 Å². The first kappa shape index (κ1) is 11.9. The van der Waals surface area contributed by atoms with Gasteiger partial charge in [-0.3, -0.25) is 0 Å². The summed E-state index contributed by atoms with van der Waals surface area (Å²) in [7, 11) is 1.57. The van der Waals surface area contributed by atoms with Gasteiger partial charge < -0.3 is 9.57 Å². The summed E-state index contributed by atoms with van der Waals surface area (Å²) < 4.78 is 5.52. The Morgan fingerprint density at radius 2 is 2.00 bits per heavy atom. The van der Waals surface area contributed by atoms with Gasteiger partial charge in [0.2, 0.25) is 0 Å². The fraction of sp³-hybridized carbons (Fsp3) is 0.357. The van der Waals surface area contributed by atoms with Crippen molar-refractivity contribution in [3.63, 3.8) is 0 Å². The lowest BCUT2D eigenvalue weighted by Crippen LogP contribution is -2.21. The number of rotatable bonds is 3. The smallest absolute Gasteiger partial charge is 0.113 e. The first-order valence-corrected chi connectivity index (χ1v) is 5.82. The molecule has 0 fully saturated rings. The molecule has 2 rings (SSSR count). The van der Waals surface area contributed by atoms with E-state index in [0.29, 0.717) is 13.2 Å². The zero-order valence-electron chi connectivity index (χ0n) is 10.3. The third kappa shape index (κ3) is 2.56. The molecular weight excluding hydrogens is 214 g/mol. The lowest BCUT2D eigenvalue weighted by Gasteiger charge is -2.21. The molecule has 0 N–H and O–H groups in total. The van der Waals surface area contributed by atoms with Crippen LogP contribution in [0.3, 0.4) is 0 Å². The minimum atomic E-state index is 0.515. The van der Waals surface area contributed by atoms with Crippen molar-refractivity contribution in [2.24, 2.45) is 5.16 Å². The lowest BCUT2D eigenvalue weighted by atomic mass is 9.93. The summed E-state index contributed by atoms with van der Waals surface area (Å²) in [6.07, 6.45) is 0.965. The van der Waals surface area contributed by atoms with Crippen molar-refractivity contribution in [3.05, 3.63) is 41.5 Å². The molecule has 0 saturated heterocycles. The van der Waals surface area contributed by atoms with E-state index in [4.69, 9.17) is 9.57 Å². The Morgan fingerprint density at radius 3 is 2.65 bits per heavy atom. The van der Waals surface area contributed by atoms with Crippen molar-refractivity contribution in [3.8, 4) is 0 Å². The molecule has 17 heavy (non-hydrogen) atoms. The average Bonchev–Trinajstić information content (AvgIpc) is 2.40. The van der Waals surface area contributed by atoms with Crippen LogP contribution in [-0.4, -0.2) is 26.0 Å². The highest BCUT2D eigenvalue weighted by atomic mass is 16.6. The second-order valence-electron chi connectivity index (χ2n) is 3.91. The molecule has 90 valence electrons. The monoisotopic (exact) mass is 231 g/mol. The maximum atomic E-state index is 5.52. The standard InChI is InChI=1S/C14H17NO2/c1-3-11-9-17-10-13(15-16-2)14(11)12-7-5-4-6-8-12/h4-8H,3,9-10H2,1-2H3/b15-13-. The molecule has 0 unspecified atom stereocenters. The van der Waals surface area contributed by atoms with Crippen molar-refractivity contribution in [2.75, 3.05) is 20.3 Å². The number of hydrogen-bond donors (Lipinski definition) is 0. The highest BCUT2D eigenvalue weighted by Gasteiger charge is 2.20. The van der Waals surface area contributed by atoms with E-state index in [-0.39, 0.29) is 0 Å². The molecule has 3 heteroatoms. The van der Waals surface area contributed by atoms with Crippen LogP contribution in [0.1, 0.15) is 18.9 Å². The molecule has 0 radical (unpaired) electrons. The fourth-order valence-electron chi connectivity index (χ4n) is 2.06. The first-order chi connectivity index (χ1) is 8.36. The van der Waals surface area contributed by atoms with E-state index in [1.165, 1.54) is 16.7 Å². The topological polar surface area (TPSA) is 30.8 Å². The summed E-state index contributed by atoms with van der Waals surface area (Å²) in [4.78, 5) is 4.90. The van der Waals surface area contributed by atoms with Crippen molar-refractivity contribution < 1.29 is 9.57 Å². The molecule has 0 spiro atoms. The van der Waals surface area contributed by atoms with E-state index < -0.39 is 0 Å². The van der Waals surface area contributed by atoms with Gasteiger partial charge in [0.25, 0.3) is 0 Å². The SMILES string of the molecule is CCC1=C(c2ccccc2)/C(=N\OC)COC1. The summed E-state index contributed by atoms with van der Waals surface area (Å²) >= 11 is 0. The summed E-state index contributed by atoms with van der Waals surface area (Å²) in [5, 5.41) is 4.07. The maximum Gasteiger partial charge on any atom is 0.113 e. The molecule has 1 heterocycles. The number of nitrogens with zero attached hydrogens (tertiary/aromatic N) is 1. The van der Waals surface area contributed by atoms with Crippen molar-refractivity contribution in [1.29, 1.82) is 0 Å². The summed E-state index contributed by atoms with van der Waals surface area (Å²) in [6.45, 7) is 3.34. The normalized spacial score (nSPS) is 18.6. The maximum absolute atomic E-state index is 5.52. The van der Waals surface area contributed by atoms with Gasteiger partial charge >= 0.3 is 0 Å². The summed E-state index contributed by atoms with van der Waals surface area (Å²) in [5.74, 6) is 0. The molecule has 1 aromatic carbocycles. The quantitative estimate of drug-likeness (QED) is 0.749. The molecule has 0 aliphatic carbocycles. The molecule has 0 saturated carbocycles. The Hall–Kier alpha value is -1.61. The molecule has 1 aromatic rings. The van der Waals surface area contributed by atoms with Gasteiger partial charge in [0.1, 0.15) is 12.8 Å². The predicted octanol–water partition coefficient (Wildman–Crippen LogP) is 2.88. The lowest BCUT2D eigenvalue weighted by molar-refractivity contribution is 0.177. The first-order valence-electron chi connectivity index (χ1n) is 5.82. The van der Waals surface area contributed by atoms with Crippen LogP contribution in [0.5, 0.6) is 0 Å². The molecule has 1 aliphatic heterocycles. The van der Waals surface area contributed by atoms with Crippen LogP contribution in [0, 0.1) is 0 Å². The molecule has 0 atom stereocenters. The Kier molecular flexibility index (Phi) is 3.94.